The predicted molar refractivity (Wildman–Crippen MR) is 169 cm³/mol. The molecule has 1 aromatic rings. The summed E-state index contributed by atoms with van der Waals surface area (Å²) >= 11 is 0. The van der Waals surface area contributed by atoms with E-state index in [1.54, 1.807) is 0 Å². The summed E-state index contributed by atoms with van der Waals surface area (Å²) in [6.07, 6.45) is -2.71. The molecule has 20 nitrogen and oxygen atoms in total. The second kappa shape index (κ2) is 20.3. The summed E-state index contributed by atoms with van der Waals surface area (Å²) in [7, 11) is 0. The Morgan fingerprint density at radius 3 is 2.27 bits per heavy atom. The smallest absolute Gasteiger partial charge is 0.247 e. The van der Waals surface area contributed by atoms with E-state index in [-0.39, 0.29) is 24.7 Å². The molecule has 1 saturated heterocycles. The predicted octanol–water partition coefficient (Wildman–Crippen LogP) is -5.03. The third kappa shape index (κ3) is 13.0. The number of H-pyrrole nitrogens is 1. The number of hydrogen-bond donors (Lipinski definition) is 11. The van der Waals surface area contributed by atoms with Gasteiger partial charge in [0.05, 0.1) is 25.8 Å². The van der Waals surface area contributed by atoms with Gasteiger partial charge in [0.15, 0.2) is 6.73 Å². The lowest BCUT2D eigenvalue weighted by Crippen LogP contribution is -2.59. The van der Waals surface area contributed by atoms with Crippen molar-refractivity contribution < 1.29 is 59.4 Å². The first-order chi connectivity index (χ1) is 23.2. The first-order valence-corrected chi connectivity index (χ1v) is 15.7. The molecule has 6 unspecified atom stereocenters. The van der Waals surface area contributed by atoms with Gasteiger partial charge in [0, 0.05) is 31.8 Å². The molecule has 1 fully saturated rings. The number of nitrogens with one attached hydrogen (secondary N) is 5. The molecule has 1 aliphatic rings. The number of hydrogen-bond acceptors (Lipinski definition) is 14. The van der Waals surface area contributed by atoms with Crippen molar-refractivity contribution in [3.05, 3.63) is 18.2 Å². The van der Waals surface area contributed by atoms with Crippen LogP contribution in [0.1, 0.15) is 45.7 Å². The Balaban J connectivity index is 2.05. The van der Waals surface area contributed by atoms with Crippen molar-refractivity contribution in [3.8, 4) is 0 Å². The number of rotatable bonds is 20. The van der Waals surface area contributed by atoms with Crippen molar-refractivity contribution in [2.24, 2.45) is 11.1 Å². The highest BCUT2D eigenvalue weighted by Gasteiger charge is 2.36. The van der Waals surface area contributed by atoms with Crippen LogP contribution < -0.4 is 21.3 Å². The molecule has 11 N–H and O–H groups in total. The summed E-state index contributed by atoms with van der Waals surface area (Å²) in [5, 5.41) is 70.4. The van der Waals surface area contributed by atoms with E-state index in [2.05, 4.69) is 36.4 Å². The van der Waals surface area contributed by atoms with Crippen LogP contribution in [-0.2, 0) is 35.2 Å². The highest BCUT2D eigenvalue weighted by atomic mass is 16.6. The highest BCUT2D eigenvalue weighted by Crippen LogP contribution is 2.18. The van der Waals surface area contributed by atoms with Crippen LogP contribution in [0.3, 0.4) is 0 Å². The molecule has 2 heterocycles. The lowest BCUT2D eigenvalue weighted by Gasteiger charge is -2.28. The molecule has 1 aliphatic heterocycles. The third-order valence-corrected chi connectivity index (χ3v) is 7.61. The van der Waals surface area contributed by atoms with Crippen LogP contribution in [0.5, 0.6) is 0 Å². The Morgan fingerprint density at radius 1 is 1.00 bits per heavy atom. The van der Waals surface area contributed by atoms with Gasteiger partial charge in [-0.3, -0.25) is 24.0 Å². The summed E-state index contributed by atoms with van der Waals surface area (Å²) in [4.78, 5) is 77.6. The molecule has 0 spiro atoms. The summed E-state index contributed by atoms with van der Waals surface area (Å²) in [5.41, 5.74) is 0.454. The Labute approximate surface area is 282 Å². The molecule has 0 bridgehead atoms. The first kappa shape index (κ1) is 41.0. The summed E-state index contributed by atoms with van der Waals surface area (Å²) in [6.45, 7) is 3.13. The van der Waals surface area contributed by atoms with E-state index in [4.69, 9.17) is 9.94 Å². The van der Waals surface area contributed by atoms with Crippen molar-refractivity contribution in [1.82, 2.24) is 36.1 Å². The van der Waals surface area contributed by atoms with Gasteiger partial charge >= 0.3 is 0 Å². The second-order valence-corrected chi connectivity index (χ2v) is 11.9. The molecule has 49 heavy (non-hydrogen) atoms. The SMILES string of the molecule is CC(=O)N1CCCC1C(=O)N[C@@H](CC(C)C)C(=O)NC(Cc1cnc[nH]1)C(=O)N[C@@H](CO)C(=O)NCO/N=C/C(O)C(O)C(O)C(O)CO. The van der Waals surface area contributed by atoms with Gasteiger partial charge in [0.2, 0.25) is 29.5 Å². The molecule has 8 atom stereocenters. The van der Waals surface area contributed by atoms with Gasteiger partial charge in [-0.2, -0.15) is 0 Å². The Hall–Kier alpha value is -4.21. The van der Waals surface area contributed by atoms with Gasteiger partial charge in [-0.15, -0.1) is 0 Å². The van der Waals surface area contributed by atoms with E-state index in [0.29, 0.717) is 31.3 Å². The molecule has 20 heteroatoms. The Kier molecular flexibility index (Phi) is 17.0. The molecule has 0 aliphatic carbocycles. The lowest BCUT2D eigenvalue weighted by molar-refractivity contribution is -0.138. The minimum atomic E-state index is -1.92. The zero-order chi connectivity index (χ0) is 36.7. The summed E-state index contributed by atoms with van der Waals surface area (Å²) < 4.78 is 0. The molecule has 1 aromatic heterocycles. The number of aliphatic hydroxyl groups excluding tert-OH is 6. The number of carbonyl (C=O) groups excluding carboxylic acids is 5. The average Bonchev–Trinajstić information content (AvgIpc) is 3.77. The first-order valence-electron chi connectivity index (χ1n) is 15.7. The van der Waals surface area contributed by atoms with Crippen molar-refractivity contribution in [3.63, 3.8) is 0 Å². The van der Waals surface area contributed by atoms with Crippen molar-refractivity contribution in [2.75, 3.05) is 26.5 Å². The summed E-state index contributed by atoms with van der Waals surface area (Å²) in [6, 6.07) is -4.60. The molecule has 0 aromatic carbocycles. The van der Waals surface area contributed by atoms with Gasteiger partial charge in [0.25, 0.3) is 0 Å². The van der Waals surface area contributed by atoms with Gasteiger partial charge < -0.3 is 66.6 Å². The molecule has 0 saturated carbocycles. The van der Waals surface area contributed by atoms with Crippen LogP contribution in [0.4, 0.5) is 0 Å². The molecular weight excluding hydrogens is 652 g/mol. The van der Waals surface area contributed by atoms with Crippen LogP contribution in [0.25, 0.3) is 0 Å². The fourth-order valence-corrected chi connectivity index (χ4v) is 4.95. The van der Waals surface area contributed by atoms with Gasteiger partial charge in [-0.25, -0.2) is 4.98 Å². The van der Waals surface area contributed by atoms with E-state index in [1.807, 2.05) is 13.8 Å². The minimum Gasteiger partial charge on any atom is -0.394 e. The number of nitrogens with zero attached hydrogens (tertiary/aromatic N) is 3. The second-order valence-electron chi connectivity index (χ2n) is 11.9. The highest BCUT2D eigenvalue weighted by molar-refractivity contribution is 5.95. The van der Waals surface area contributed by atoms with Gasteiger partial charge in [-0.1, -0.05) is 19.0 Å². The van der Waals surface area contributed by atoms with Crippen LogP contribution in [-0.4, -0.2) is 156 Å². The fourth-order valence-electron chi connectivity index (χ4n) is 4.95. The van der Waals surface area contributed by atoms with Gasteiger partial charge in [0.1, 0.15) is 48.6 Å². The zero-order valence-electron chi connectivity index (χ0n) is 27.6. The lowest BCUT2D eigenvalue weighted by atomic mass is 10.0. The van der Waals surface area contributed by atoms with Crippen molar-refractivity contribution in [1.29, 1.82) is 0 Å². The fraction of sp³-hybridized carbons (Fsp3) is 0.690. The van der Waals surface area contributed by atoms with Crippen LogP contribution in [0.2, 0.25) is 0 Å². The minimum absolute atomic E-state index is 0.0449. The number of oxime groups is 1. The standard InChI is InChI=1S/C29H48N8O12/c1-15(2)7-18(35-29(48)21-5-4-6-37(21)16(3)40)27(46)34-19(8-17-9-30-13-31-17)28(47)36-20(11-38)26(45)32-14-49-33-10-22(41)24(43)25(44)23(42)12-39/h9-10,13,15,18-25,38-39,41-44H,4-8,11-12,14H2,1-3H3,(H,30,31)(H,32,45)(H,34,46)(H,35,48)(H,36,47)/b33-10+/t18-,19?,20-,21?,22?,23?,24?,25?/m0/s1. The van der Waals surface area contributed by atoms with E-state index < -0.39 is 92.2 Å². The van der Waals surface area contributed by atoms with E-state index >= 15 is 0 Å². The van der Waals surface area contributed by atoms with E-state index in [1.165, 1.54) is 24.3 Å². The Bertz CT molecular complexity index is 1250. The number of likely N-dealkylation sites (tertiary alicyclic amines) is 1. The van der Waals surface area contributed by atoms with Crippen LogP contribution in [0.15, 0.2) is 17.7 Å². The number of carbonyl (C=O) groups is 5. The molecular formula is C29H48N8O12. The van der Waals surface area contributed by atoms with Crippen molar-refractivity contribution in [2.45, 2.75) is 95.0 Å². The Morgan fingerprint density at radius 2 is 1.67 bits per heavy atom. The quantitative estimate of drug-likeness (QED) is 0.0263. The largest absolute Gasteiger partial charge is 0.394 e. The number of aromatic amines is 1. The van der Waals surface area contributed by atoms with Crippen LogP contribution in [0, 0.1) is 5.92 Å². The number of amides is 5. The molecule has 2 rings (SSSR count). The van der Waals surface area contributed by atoms with Crippen molar-refractivity contribution >= 4 is 35.8 Å². The maximum Gasteiger partial charge on any atom is 0.247 e. The average molecular weight is 701 g/mol. The van der Waals surface area contributed by atoms with Crippen LogP contribution >= 0.6 is 0 Å². The number of imidazole rings is 1. The molecule has 276 valence electrons. The molecule has 5 amide bonds. The zero-order valence-corrected chi connectivity index (χ0v) is 27.6. The number of aromatic nitrogens is 2. The van der Waals surface area contributed by atoms with E-state index in [0.717, 1.165) is 0 Å². The van der Waals surface area contributed by atoms with Gasteiger partial charge in [-0.05, 0) is 25.2 Å². The molecule has 0 radical (unpaired) electrons. The number of aliphatic hydroxyl groups is 6. The van der Waals surface area contributed by atoms with E-state index in [9.17, 15) is 49.5 Å². The third-order valence-electron chi connectivity index (χ3n) is 7.61. The monoisotopic (exact) mass is 700 g/mol. The maximum absolute atomic E-state index is 13.5. The summed E-state index contributed by atoms with van der Waals surface area (Å²) in [5.74, 6) is -3.25. The topological polar surface area (TPSA) is 308 Å². The normalized spacial score (nSPS) is 19.0. The maximum atomic E-state index is 13.5.